The highest BCUT2D eigenvalue weighted by Crippen LogP contribution is 2.30. The number of nitrogens with zero attached hydrogens (tertiary/aromatic N) is 3. The van der Waals surface area contributed by atoms with Gasteiger partial charge in [0.1, 0.15) is 11.9 Å². The fourth-order valence-corrected chi connectivity index (χ4v) is 4.08. The average molecular weight is 486 g/mol. The number of hydrogen-bond donors (Lipinski definition) is 0. The number of ether oxygens (including phenoxy) is 1. The van der Waals surface area contributed by atoms with Crippen molar-refractivity contribution in [1.82, 2.24) is 14.7 Å². The molecular formula is C26H26F3N3O3. The van der Waals surface area contributed by atoms with E-state index in [2.05, 4.69) is 5.10 Å². The summed E-state index contributed by atoms with van der Waals surface area (Å²) in [7, 11) is 0. The van der Waals surface area contributed by atoms with Crippen LogP contribution in [0.25, 0.3) is 5.69 Å². The lowest BCUT2D eigenvalue weighted by Crippen LogP contribution is -2.44. The van der Waals surface area contributed by atoms with Crippen LogP contribution < -0.4 is 10.2 Å². The maximum Gasteiger partial charge on any atom is 0.416 e. The lowest BCUT2D eigenvalue weighted by Gasteiger charge is -2.32. The average Bonchev–Trinajstić information content (AvgIpc) is 2.81. The van der Waals surface area contributed by atoms with Gasteiger partial charge in [0.05, 0.1) is 11.3 Å². The highest BCUT2D eigenvalue weighted by molar-refractivity contribution is 5.92. The molecule has 0 N–H and O–H groups in total. The van der Waals surface area contributed by atoms with Crippen molar-refractivity contribution < 1.29 is 22.7 Å². The van der Waals surface area contributed by atoms with Crippen LogP contribution in [0.4, 0.5) is 13.2 Å². The fourth-order valence-electron chi connectivity index (χ4n) is 4.08. The van der Waals surface area contributed by atoms with Crippen molar-refractivity contribution in [2.45, 2.75) is 45.9 Å². The number of piperidine rings is 1. The summed E-state index contributed by atoms with van der Waals surface area (Å²) in [6.45, 7) is 6.37. The van der Waals surface area contributed by atoms with E-state index < -0.39 is 23.1 Å². The molecule has 1 aromatic heterocycles. The maximum atomic E-state index is 13.2. The predicted molar refractivity (Wildman–Crippen MR) is 125 cm³/mol. The molecule has 2 aromatic carbocycles. The normalized spacial score (nSPS) is 14.7. The number of alkyl halides is 3. The molecule has 3 aromatic rings. The molecule has 1 amide bonds. The molecule has 6 nitrogen and oxygen atoms in total. The van der Waals surface area contributed by atoms with E-state index in [1.165, 1.54) is 33.3 Å². The van der Waals surface area contributed by atoms with Crippen LogP contribution in [-0.4, -0.2) is 39.8 Å². The Balaban J connectivity index is 1.50. The van der Waals surface area contributed by atoms with E-state index in [-0.39, 0.29) is 17.5 Å². The van der Waals surface area contributed by atoms with Crippen molar-refractivity contribution >= 4 is 5.91 Å². The molecule has 1 aliphatic rings. The first-order valence-electron chi connectivity index (χ1n) is 11.3. The second kappa shape index (κ2) is 9.56. The molecule has 35 heavy (non-hydrogen) atoms. The Kier molecular flexibility index (Phi) is 6.69. The first kappa shape index (κ1) is 24.5. The van der Waals surface area contributed by atoms with Crippen LogP contribution in [-0.2, 0) is 6.18 Å². The molecule has 9 heteroatoms. The molecule has 2 heterocycles. The number of halogens is 3. The zero-order valence-electron chi connectivity index (χ0n) is 19.7. The summed E-state index contributed by atoms with van der Waals surface area (Å²) in [6, 6.07) is 11.7. The van der Waals surface area contributed by atoms with Gasteiger partial charge in [-0.1, -0.05) is 12.1 Å². The zero-order chi connectivity index (χ0) is 25.3. The second-order valence-electron chi connectivity index (χ2n) is 8.81. The molecule has 1 saturated heterocycles. The van der Waals surface area contributed by atoms with Gasteiger partial charge in [0, 0.05) is 37.7 Å². The Hall–Kier alpha value is -3.62. The minimum Gasteiger partial charge on any atom is -0.490 e. The van der Waals surface area contributed by atoms with Crippen molar-refractivity contribution in [2.75, 3.05) is 13.1 Å². The van der Waals surface area contributed by atoms with Crippen LogP contribution >= 0.6 is 0 Å². The molecule has 0 bridgehead atoms. The number of carbonyl (C=O) groups excluding carboxylic acids is 1. The monoisotopic (exact) mass is 485 g/mol. The Labute approximate surface area is 200 Å². The van der Waals surface area contributed by atoms with E-state index in [4.69, 9.17) is 4.74 Å². The molecule has 0 atom stereocenters. The van der Waals surface area contributed by atoms with Crippen LogP contribution in [0.5, 0.6) is 5.75 Å². The first-order valence-corrected chi connectivity index (χ1v) is 11.3. The lowest BCUT2D eigenvalue weighted by molar-refractivity contribution is -0.137. The van der Waals surface area contributed by atoms with Crippen LogP contribution in [0.2, 0.25) is 0 Å². The molecule has 0 aliphatic carbocycles. The number of carbonyl (C=O) groups is 1. The molecule has 0 unspecified atom stereocenters. The van der Waals surface area contributed by atoms with Crippen molar-refractivity contribution in [3.05, 3.63) is 86.8 Å². The van der Waals surface area contributed by atoms with Gasteiger partial charge in [-0.3, -0.25) is 9.59 Å². The third kappa shape index (κ3) is 5.39. The van der Waals surface area contributed by atoms with E-state index in [1.54, 1.807) is 6.92 Å². The first-order chi connectivity index (χ1) is 16.5. The summed E-state index contributed by atoms with van der Waals surface area (Å²) in [6.07, 6.45) is -3.40. The zero-order valence-corrected chi connectivity index (χ0v) is 19.7. The van der Waals surface area contributed by atoms with Gasteiger partial charge in [-0.05, 0) is 62.2 Å². The smallest absolute Gasteiger partial charge is 0.416 e. The highest BCUT2D eigenvalue weighted by atomic mass is 19.4. The molecule has 4 rings (SSSR count). The van der Waals surface area contributed by atoms with Gasteiger partial charge in [-0.25, -0.2) is 4.68 Å². The summed E-state index contributed by atoms with van der Waals surface area (Å²) < 4.78 is 46.7. The highest BCUT2D eigenvalue weighted by Gasteiger charge is 2.31. The minimum absolute atomic E-state index is 0.0612. The molecule has 184 valence electrons. The van der Waals surface area contributed by atoms with Crippen molar-refractivity contribution in [2.24, 2.45) is 0 Å². The summed E-state index contributed by atoms with van der Waals surface area (Å²) in [5.41, 5.74) is 1.04. The molecule has 1 fully saturated rings. The number of likely N-dealkylation sites (tertiary alicyclic amines) is 1. The third-order valence-corrected chi connectivity index (χ3v) is 6.24. The molecule has 0 saturated carbocycles. The Morgan fingerprint density at radius 1 is 1.00 bits per heavy atom. The van der Waals surface area contributed by atoms with Gasteiger partial charge < -0.3 is 9.64 Å². The second-order valence-corrected chi connectivity index (χ2v) is 8.81. The van der Waals surface area contributed by atoms with Gasteiger partial charge in [0.15, 0.2) is 5.69 Å². The summed E-state index contributed by atoms with van der Waals surface area (Å²) in [5.74, 6) is 0.238. The largest absolute Gasteiger partial charge is 0.490 e. The summed E-state index contributed by atoms with van der Waals surface area (Å²) in [4.78, 5) is 27.2. The number of amides is 1. The van der Waals surface area contributed by atoms with Crippen LogP contribution in [0.15, 0.2) is 53.3 Å². The van der Waals surface area contributed by atoms with E-state index in [0.717, 1.165) is 23.4 Å². The molecule has 0 radical (unpaired) electrons. The van der Waals surface area contributed by atoms with E-state index in [9.17, 15) is 22.8 Å². The van der Waals surface area contributed by atoms with Gasteiger partial charge in [0.2, 0.25) is 5.43 Å². The minimum atomic E-state index is -4.52. The van der Waals surface area contributed by atoms with Crippen LogP contribution in [0.1, 0.15) is 45.7 Å². The topological polar surface area (TPSA) is 64.4 Å². The maximum absolute atomic E-state index is 13.2. The van der Waals surface area contributed by atoms with E-state index in [0.29, 0.717) is 31.6 Å². The molecule has 1 aliphatic heterocycles. The molecular weight excluding hydrogens is 459 g/mol. The van der Waals surface area contributed by atoms with Gasteiger partial charge in [-0.15, -0.1) is 0 Å². The van der Waals surface area contributed by atoms with E-state index in [1.807, 2.05) is 32.0 Å². The number of hydrogen-bond acceptors (Lipinski definition) is 4. The number of aryl methyl sites for hydroxylation is 3. The summed E-state index contributed by atoms with van der Waals surface area (Å²) in [5, 5.41) is 4.16. The summed E-state index contributed by atoms with van der Waals surface area (Å²) >= 11 is 0. The lowest BCUT2D eigenvalue weighted by atomic mass is 10.1. The molecule has 0 spiro atoms. The fraction of sp³-hybridized carbons (Fsp3) is 0.346. The van der Waals surface area contributed by atoms with Crippen molar-refractivity contribution in [1.29, 1.82) is 0 Å². The number of rotatable bonds is 4. The SMILES string of the molecule is Cc1ccc(OC2CCN(C(=O)c3nn(-c4cccc(C(F)(F)F)c4)c(C)cc3=O)CC2)cc1C. The quantitative estimate of drug-likeness (QED) is 0.530. The van der Waals surface area contributed by atoms with Crippen molar-refractivity contribution in [3.63, 3.8) is 0 Å². The van der Waals surface area contributed by atoms with Gasteiger partial charge in [0.25, 0.3) is 5.91 Å². The van der Waals surface area contributed by atoms with Crippen molar-refractivity contribution in [3.8, 4) is 11.4 Å². The van der Waals surface area contributed by atoms with E-state index >= 15 is 0 Å². The van der Waals surface area contributed by atoms with Crippen LogP contribution in [0.3, 0.4) is 0 Å². The third-order valence-electron chi connectivity index (χ3n) is 6.24. The predicted octanol–water partition coefficient (Wildman–Crippen LogP) is 4.86. The van der Waals surface area contributed by atoms with Crippen LogP contribution in [0, 0.1) is 20.8 Å². The number of benzene rings is 2. The standard InChI is InChI=1S/C26H26F3N3O3/c1-16-7-8-22(13-17(16)2)35-21-9-11-31(12-10-21)25(34)24-23(33)14-18(3)32(30-24)20-6-4-5-19(15-20)26(27,28)29/h4-8,13-15,21H,9-12H2,1-3H3. The Morgan fingerprint density at radius 2 is 1.71 bits per heavy atom. The van der Waals surface area contributed by atoms with Gasteiger partial charge in [-0.2, -0.15) is 18.3 Å². The number of aromatic nitrogens is 2. The Bertz CT molecular complexity index is 1310. The Morgan fingerprint density at radius 3 is 2.37 bits per heavy atom. The van der Waals surface area contributed by atoms with Gasteiger partial charge >= 0.3 is 6.18 Å².